The number of hydrogen-bond donors (Lipinski definition) is 2. The van der Waals surface area contributed by atoms with Gasteiger partial charge in [-0.1, -0.05) is 15.9 Å². The van der Waals surface area contributed by atoms with Gasteiger partial charge >= 0.3 is 5.97 Å². The monoisotopic (exact) mass is 327 g/mol. The fraction of sp³-hybridized carbons (Fsp3) is 0.250. The zero-order valence-electron chi connectivity index (χ0n) is 9.88. The van der Waals surface area contributed by atoms with Crippen LogP contribution >= 0.6 is 15.9 Å². The molecule has 1 aliphatic heterocycles. The summed E-state index contributed by atoms with van der Waals surface area (Å²) in [4.78, 5) is 35.6. The summed E-state index contributed by atoms with van der Waals surface area (Å²) in [6.45, 7) is 0.446. The molecule has 7 heteroatoms. The number of β-amino-alcohol motifs (C(OH)–C–C–N with tert-alkyl or cyclic N) is 1. The quantitative estimate of drug-likeness (QED) is 0.803. The van der Waals surface area contributed by atoms with Gasteiger partial charge in [0.15, 0.2) is 5.60 Å². The van der Waals surface area contributed by atoms with Crippen LogP contribution in [0.1, 0.15) is 27.6 Å². The van der Waals surface area contributed by atoms with E-state index in [9.17, 15) is 19.5 Å². The smallest absolute Gasteiger partial charge is 0.337 e. The van der Waals surface area contributed by atoms with Gasteiger partial charge < -0.3 is 10.2 Å². The number of carbonyl (C=O) groups is 3. The summed E-state index contributed by atoms with van der Waals surface area (Å²) in [6.07, 6.45) is 0. The predicted octanol–water partition coefficient (Wildman–Crippen LogP) is 0.881. The van der Waals surface area contributed by atoms with Gasteiger partial charge in [0.25, 0.3) is 11.8 Å². The second-order valence-electron chi connectivity index (χ2n) is 4.47. The SMILES string of the molecule is CC(O)(CN1C(=O)c2ccc(Br)cc2C1=O)C(=O)O. The van der Waals surface area contributed by atoms with Crippen molar-refractivity contribution >= 4 is 33.7 Å². The molecule has 2 rings (SSSR count). The summed E-state index contributed by atoms with van der Waals surface area (Å²) in [7, 11) is 0. The maximum Gasteiger partial charge on any atom is 0.337 e. The molecule has 1 aliphatic rings. The number of hydrogen-bond acceptors (Lipinski definition) is 4. The molecule has 0 bridgehead atoms. The molecule has 0 aliphatic carbocycles. The summed E-state index contributed by atoms with van der Waals surface area (Å²) in [6, 6.07) is 4.59. The van der Waals surface area contributed by atoms with Crippen molar-refractivity contribution in [2.24, 2.45) is 0 Å². The number of aliphatic carboxylic acids is 1. The van der Waals surface area contributed by atoms with Crippen LogP contribution in [0.25, 0.3) is 0 Å². The third-order valence-corrected chi connectivity index (χ3v) is 3.35. The average Bonchev–Trinajstić information content (AvgIpc) is 2.54. The van der Waals surface area contributed by atoms with Crippen LogP contribution in [0.15, 0.2) is 22.7 Å². The number of halogens is 1. The number of carboxylic acids is 1. The fourth-order valence-electron chi connectivity index (χ4n) is 1.78. The van der Waals surface area contributed by atoms with Gasteiger partial charge in [-0.2, -0.15) is 0 Å². The van der Waals surface area contributed by atoms with Crippen molar-refractivity contribution in [3.8, 4) is 0 Å². The second kappa shape index (κ2) is 4.43. The molecular formula is C12H10BrNO5. The minimum Gasteiger partial charge on any atom is -0.479 e. The Morgan fingerprint density at radius 2 is 1.89 bits per heavy atom. The van der Waals surface area contributed by atoms with Crippen LogP contribution in [0.4, 0.5) is 0 Å². The molecule has 0 spiro atoms. The maximum absolute atomic E-state index is 12.0. The molecule has 1 aromatic rings. The molecule has 0 saturated carbocycles. The van der Waals surface area contributed by atoms with Crippen molar-refractivity contribution in [1.29, 1.82) is 0 Å². The fourth-order valence-corrected chi connectivity index (χ4v) is 2.14. The first-order chi connectivity index (χ1) is 8.74. The number of imide groups is 1. The van der Waals surface area contributed by atoms with Crippen molar-refractivity contribution in [2.45, 2.75) is 12.5 Å². The number of fused-ring (bicyclic) bond motifs is 1. The lowest BCUT2D eigenvalue weighted by Gasteiger charge is -2.23. The third-order valence-electron chi connectivity index (χ3n) is 2.86. The standard InChI is InChI=1S/C12H10BrNO5/c1-12(19,11(17)18)5-14-9(15)7-3-2-6(13)4-8(7)10(14)16/h2-4,19H,5H2,1H3,(H,17,18). The molecular weight excluding hydrogens is 318 g/mol. The second-order valence-corrected chi connectivity index (χ2v) is 5.38. The summed E-state index contributed by atoms with van der Waals surface area (Å²) < 4.78 is 0.638. The molecule has 1 heterocycles. The summed E-state index contributed by atoms with van der Waals surface area (Å²) in [5, 5.41) is 18.5. The van der Waals surface area contributed by atoms with Gasteiger partial charge in [0.05, 0.1) is 17.7 Å². The Morgan fingerprint density at radius 3 is 2.47 bits per heavy atom. The van der Waals surface area contributed by atoms with Crippen molar-refractivity contribution < 1.29 is 24.6 Å². The highest BCUT2D eigenvalue weighted by molar-refractivity contribution is 9.10. The molecule has 1 aromatic carbocycles. The zero-order chi connectivity index (χ0) is 14.4. The molecule has 1 unspecified atom stereocenters. The van der Waals surface area contributed by atoms with Crippen LogP contribution in [0.2, 0.25) is 0 Å². The number of rotatable bonds is 3. The summed E-state index contributed by atoms with van der Waals surface area (Å²) >= 11 is 3.19. The van der Waals surface area contributed by atoms with E-state index in [1.807, 2.05) is 0 Å². The molecule has 0 saturated heterocycles. The van der Waals surface area contributed by atoms with Crippen LogP contribution in [-0.4, -0.2) is 45.0 Å². The van der Waals surface area contributed by atoms with Gasteiger partial charge in [-0.3, -0.25) is 14.5 Å². The molecule has 2 amide bonds. The first-order valence-electron chi connectivity index (χ1n) is 5.35. The topological polar surface area (TPSA) is 94.9 Å². The Kier molecular flexibility index (Phi) is 3.19. The van der Waals surface area contributed by atoms with Crippen molar-refractivity contribution in [3.63, 3.8) is 0 Å². The first kappa shape index (κ1) is 13.7. The van der Waals surface area contributed by atoms with E-state index >= 15 is 0 Å². The molecule has 0 fully saturated rings. The van der Waals surface area contributed by atoms with Crippen LogP contribution in [0.5, 0.6) is 0 Å². The van der Waals surface area contributed by atoms with E-state index in [2.05, 4.69) is 15.9 Å². The van der Waals surface area contributed by atoms with E-state index in [4.69, 9.17) is 5.11 Å². The zero-order valence-corrected chi connectivity index (χ0v) is 11.5. The number of carbonyl (C=O) groups excluding carboxylic acids is 2. The van der Waals surface area contributed by atoms with E-state index in [0.29, 0.717) is 4.47 Å². The molecule has 100 valence electrons. The number of carboxylic acid groups (broad SMARTS) is 1. The van der Waals surface area contributed by atoms with Crippen LogP contribution < -0.4 is 0 Å². The number of aliphatic hydroxyl groups is 1. The van der Waals surface area contributed by atoms with Crippen molar-refractivity contribution in [1.82, 2.24) is 4.90 Å². The Morgan fingerprint density at radius 1 is 1.32 bits per heavy atom. The van der Waals surface area contributed by atoms with E-state index in [1.165, 1.54) is 12.1 Å². The lowest BCUT2D eigenvalue weighted by molar-refractivity contribution is -0.157. The van der Waals surface area contributed by atoms with Gasteiger partial charge in [-0.05, 0) is 25.1 Å². The highest BCUT2D eigenvalue weighted by Crippen LogP contribution is 2.27. The number of benzene rings is 1. The molecule has 19 heavy (non-hydrogen) atoms. The molecule has 0 aromatic heterocycles. The van der Waals surface area contributed by atoms with Gasteiger partial charge in [0, 0.05) is 4.47 Å². The largest absolute Gasteiger partial charge is 0.479 e. The summed E-state index contributed by atoms with van der Waals surface area (Å²) in [5.74, 6) is -2.71. The van der Waals surface area contributed by atoms with Crippen molar-refractivity contribution in [2.75, 3.05) is 6.54 Å². The Labute approximate surface area is 116 Å². The minimum absolute atomic E-state index is 0.195. The van der Waals surface area contributed by atoms with Crippen LogP contribution in [0, 0.1) is 0 Å². The van der Waals surface area contributed by atoms with E-state index in [0.717, 1.165) is 11.8 Å². The van der Waals surface area contributed by atoms with Crippen LogP contribution in [-0.2, 0) is 4.79 Å². The number of nitrogens with zero attached hydrogens (tertiary/aromatic N) is 1. The van der Waals surface area contributed by atoms with E-state index < -0.39 is 29.9 Å². The average molecular weight is 328 g/mol. The number of amides is 2. The van der Waals surface area contributed by atoms with Gasteiger partial charge in [-0.15, -0.1) is 0 Å². The van der Waals surface area contributed by atoms with Gasteiger partial charge in [-0.25, -0.2) is 4.79 Å². The highest BCUT2D eigenvalue weighted by atomic mass is 79.9. The molecule has 6 nitrogen and oxygen atoms in total. The predicted molar refractivity (Wildman–Crippen MR) is 67.8 cm³/mol. The van der Waals surface area contributed by atoms with Gasteiger partial charge in [0.1, 0.15) is 0 Å². The van der Waals surface area contributed by atoms with E-state index in [-0.39, 0.29) is 11.1 Å². The normalized spacial score (nSPS) is 17.3. The summed E-state index contributed by atoms with van der Waals surface area (Å²) in [5.41, 5.74) is -1.78. The highest BCUT2D eigenvalue weighted by Gasteiger charge is 2.42. The lowest BCUT2D eigenvalue weighted by atomic mass is 10.1. The Bertz CT molecular complexity index is 596. The minimum atomic E-state index is -2.18. The maximum atomic E-state index is 12.0. The third kappa shape index (κ3) is 2.26. The molecule has 0 radical (unpaired) electrons. The Hall–Kier alpha value is -1.73. The Balaban J connectivity index is 2.36. The lowest BCUT2D eigenvalue weighted by Crippen LogP contribution is -2.48. The molecule has 1 atom stereocenters. The van der Waals surface area contributed by atoms with Gasteiger partial charge in [0.2, 0.25) is 0 Å². The van der Waals surface area contributed by atoms with Crippen LogP contribution in [0.3, 0.4) is 0 Å². The first-order valence-corrected chi connectivity index (χ1v) is 6.15. The van der Waals surface area contributed by atoms with Crippen molar-refractivity contribution in [3.05, 3.63) is 33.8 Å². The molecule has 2 N–H and O–H groups in total. The van der Waals surface area contributed by atoms with E-state index in [1.54, 1.807) is 6.07 Å².